The van der Waals surface area contributed by atoms with Crippen LogP contribution < -0.4 is 0 Å². The molecule has 2 rings (SSSR count). The Morgan fingerprint density at radius 2 is 1.78 bits per heavy atom. The molecule has 0 amide bonds. The molecule has 5 heteroatoms. The Labute approximate surface area is 113 Å². The smallest absolute Gasteiger partial charge is 0.147 e. The van der Waals surface area contributed by atoms with Crippen molar-refractivity contribution in [3.63, 3.8) is 0 Å². The summed E-state index contributed by atoms with van der Waals surface area (Å²) in [5.74, 6) is -0.0771. The zero-order valence-corrected chi connectivity index (χ0v) is 12.0. The quantitative estimate of drug-likeness (QED) is 0.573. The fourth-order valence-corrected chi connectivity index (χ4v) is 4.14. The van der Waals surface area contributed by atoms with Gasteiger partial charge >= 0.3 is 5.51 Å². The first-order valence-electron chi connectivity index (χ1n) is 5.44. The Balaban J connectivity index is 0.00000162. The van der Waals surface area contributed by atoms with Crippen molar-refractivity contribution in [3.05, 3.63) is 34.7 Å². The van der Waals surface area contributed by atoms with Crippen LogP contribution in [0.3, 0.4) is 0 Å². The highest BCUT2D eigenvalue weighted by Crippen LogP contribution is 2.53. The monoisotopic (exact) mass is 295 g/mol. The molecule has 0 aliphatic carbocycles. The van der Waals surface area contributed by atoms with Crippen LogP contribution in [0.25, 0.3) is 10.1 Å². The lowest BCUT2D eigenvalue weighted by Gasteiger charge is -2.02. The fraction of sp³-hybridized carbons (Fsp3) is 0.385. The molecule has 1 atom stereocenters. The molecule has 0 nitrogen and oxygen atoms in total. The molecule has 1 unspecified atom stereocenters. The molecule has 0 fully saturated rings. The van der Waals surface area contributed by atoms with Gasteiger partial charge in [0.1, 0.15) is 0 Å². The first-order chi connectivity index (χ1) is 7.82. The first-order valence-corrected chi connectivity index (χ1v) is 6.67. The van der Waals surface area contributed by atoms with Gasteiger partial charge in [-0.2, -0.15) is 0 Å². The third-order valence-corrected chi connectivity index (χ3v) is 5.15. The van der Waals surface area contributed by atoms with Crippen LogP contribution in [0.4, 0.5) is 13.2 Å². The van der Waals surface area contributed by atoms with E-state index < -0.39 is 16.0 Å². The highest BCUT2D eigenvalue weighted by molar-refractivity contribution is 7.38. The summed E-state index contributed by atoms with van der Waals surface area (Å²) >= 11 is 0. The maximum Gasteiger partial charge on any atom is 0.600 e. The van der Waals surface area contributed by atoms with Crippen LogP contribution in [0.15, 0.2) is 24.3 Å². The number of hydrogen-bond acceptors (Lipinski definition) is 0. The van der Waals surface area contributed by atoms with Gasteiger partial charge in [-0.1, -0.05) is 26.0 Å². The van der Waals surface area contributed by atoms with Gasteiger partial charge < -0.3 is 0 Å². The molecular formula is C13H15ClF3S+. The summed E-state index contributed by atoms with van der Waals surface area (Å²) < 4.78 is 39.9. The van der Waals surface area contributed by atoms with Crippen molar-refractivity contribution in [2.24, 2.45) is 0 Å². The standard InChI is InChI=1S/C13H14F3S.ClH/c1-8(2)12-7-10-9(3)5-4-6-11(10)17(12)13(14,15)16;/h4-8H,1-3H3;1H/q+1;. The van der Waals surface area contributed by atoms with Gasteiger partial charge in [-0.05, 0) is 18.6 Å². The summed E-state index contributed by atoms with van der Waals surface area (Å²) in [6.07, 6.45) is 0. The predicted octanol–water partition coefficient (Wildman–Crippen LogP) is 5.92. The lowest BCUT2D eigenvalue weighted by molar-refractivity contribution is -0.0868. The van der Waals surface area contributed by atoms with E-state index in [-0.39, 0.29) is 18.3 Å². The number of rotatable bonds is 1. The van der Waals surface area contributed by atoms with Crippen molar-refractivity contribution < 1.29 is 13.2 Å². The maximum absolute atomic E-state index is 13.2. The molecular weight excluding hydrogens is 281 g/mol. The zero-order chi connectivity index (χ0) is 12.8. The number of alkyl halides is 3. The Bertz CT molecular complexity index is 555. The third kappa shape index (κ3) is 2.50. The highest BCUT2D eigenvalue weighted by Gasteiger charge is 2.48. The average molecular weight is 296 g/mol. The maximum atomic E-state index is 13.2. The van der Waals surface area contributed by atoms with E-state index in [1.54, 1.807) is 18.2 Å². The van der Waals surface area contributed by atoms with E-state index in [9.17, 15) is 13.2 Å². The van der Waals surface area contributed by atoms with Gasteiger partial charge in [-0.15, -0.1) is 25.6 Å². The van der Waals surface area contributed by atoms with Gasteiger partial charge in [0.15, 0.2) is 9.58 Å². The summed E-state index contributed by atoms with van der Waals surface area (Å²) in [5.41, 5.74) is -3.25. The molecule has 0 radical (unpaired) electrons. The molecule has 1 heterocycles. The molecule has 0 bridgehead atoms. The third-order valence-electron chi connectivity index (χ3n) is 2.83. The molecule has 18 heavy (non-hydrogen) atoms. The largest absolute Gasteiger partial charge is 0.600 e. The summed E-state index contributed by atoms with van der Waals surface area (Å²) in [7, 11) is -1.74. The van der Waals surface area contributed by atoms with E-state index in [1.165, 1.54) is 0 Å². The van der Waals surface area contributed by atoms with Crippen LogP contribution in [0.2, 0.25) is 0 Å². The van der Waals surface area contributed by atoms with Crippen molar-refractivity contribution in [1.82, 2.24) is 0 Å². The van der Waals surface area contributed by atoms with Crippen LogP contribution in [0, 0.1) is 6.92 Å². The minimum absolute atomic E-state index is 0. The predicted molar refractivity (Wildman–Crippen MR) is 73.8 cm³/mol. The van der Waals surface area contributed by atoms with Crippen molar-refractivity contribution >= 4 is 33.0 Å². The van der Waals surface area contributed by atoms with Gasteiger partial charge in [0, 0.05) is 17.4 Å². The molecule has 0 saturated carbocycles. The van der Waals surface area contributed by atoms with E-state index in [0.29, 0.717) is 9.58 Å². The molecule has 0 N–H and O–H groups in total. The Kier molecular flexibility index (Phi) is 4.34. The van der Waals surface area contributed by atoms with Crippen molar-refractivity contribution in [1.29, 1.82) is 0 Å². The van der Waals surface area contributed by atoms with Crippen LogP contribution >= 0.6 is 22.9 Å². The van der Waals surface area contributed by atoms with E-state index in [1.807, 2.05) is 26.8 Å². The van der Waals surface area contributed by atoms with Gasteiger partial charge in [0.05, 0.1) is 10.5 Å². The van der Waals surface area contributed by atoms with Gasteiger partial charge in [-0.25, -0.2) is 0 Å². The van der Waals surface area contributed by atoms with Crippen molar-refractivity contribution in [2.75, 3.05) is 0 Å². The summed E-state index contributed by atoms with van der Waals surface area (Å²) in [4.78, 5) is 0.502. The lowest BCUT2D eigenvalue weighted by Crippen LogP contribution is -1.99. The highest BCUT2D eigenvalue weighted by atomic mass is 35.5. The molecule has 0 spiro atoms. The molecule has 0 saturated heterocycles. The first kappa shape index (κ1) is 15.3. The molecule has 2 aromatic rings. The normalized spacial score (nSPS) is 12.9. The van der Waals surface area contributed by atoms with E-state index in [4.69, 9.17) is 0 Å². The number of halogens is 4. The SMILES string of the molecule is Cc1cccc2c1cc(C(C)C)[s+]2C(F)(F)F.Cl. The second kappa shape index (κ2) is 5.10. The van der Waals surface area contributed by atoms with Crippen LogP contribution in [0.5, 0.6) is 0 Å². The molecule has 1 aromatic carbocycles. The van der Waals surface area contributed by atoms with E-state index in [0.717, 1.165) is 10.9 Å². The second-order valence-corrected chi connectivity index (χ2v) is 6.43. The summed E-state index contributed by atoms with van der Waals surface area (Å²) in [6.45, 7) is 5.49. The minimum atomic E-state index is -4.17. The number of thiophene rings is 1. The van der Waals surface area contributed by atoms with Crippen LogP contribution in [0.1, 0.15) is 30.2 Å². The van der Waals surface area contributed by atoms with E-state index >= 15 is 0 Å². The number of hydrogen-bond donors (Lipinski definition) is 0. The number of fused-ring (bicyclic) bond motifs is 1. The number of aryl methyl sites for hydroxylation is 1. The Morgan fingerprint density at radius 1 is 1.17 bits per heavy atom. The average Bonchev–Trinajstić information content (AvgIpc) is 2.57. The van der Waals surface area contributed by atoms with E-state index in [2.05, 4.69) is 0 Å². The van der Waals surface area contributed by atoms with Crippen molar-refractivity contribution in [2.45, 2.75) is 32.2 Å². The minimum Gasteiger partial charge on any atom is -0.147 e. The van der Waals surface area contributed by atoms with Crippen LogP contribution in [-0.2, 0) is 5.51 Å². The van der Waals surface area contributed by atoms with Gasteiger partial charge in [0.25, 0.3) is 0 Å². The number of benzene rings is 1. The topological polar surface area (TPSA) is 0 Å². The lowest BCUT2D eigenvalue weighted by atomic mass is 10.1. The molecule has 100 valence electrons. The van der Waals surface area contributed by atoms with Crippen molar-refractivity contribution in [3.8, 4) is 0 Å². The Hall–Kier alpha value is -0.740. The van der Waals surface area contributed by atoms with Gasteiger partial charge in [0.2, 0.25) is 0 Å². The molecule has 1 aromatic heterocycles. The Morgan fingerprint density at radius 3 is 2.28 bits per heavy atom. The summed E-state index contributed by atoms with van der Waals surface area (Å²) in [6, 6.07) is 6.89. The van der Waals surface area contributed by atoms with Crippen LogP contribution in [-0.4, -0.2) is 0 Å². The molecule has 0 aliphatic heterocycles. The molecule has 0 aliphatic rings. The summed E-state index contributed by atoms with van der Waals surface area (Å²) in [5, 5.41) is 0.761. The zero-order valence-electron chi connectivity index (χ0n) is 10.3. The second-order valence-electron chi connectivity index (χ2n) is 4.44. The van der Waals surface area contributed by atoms with Gasteiger partial charge in [-0.3, -0.25) is 0 Å². The fourth-order valence-electron chi connectivity index (χ4n) is 2.01.